The molecule has 0 bridgehead atoms. The lowest BCUT2D eigenvalue weighted by Crippen LogP contribution is -2.32. The highest BCUT2D eigenvalue weighted by atomic mass is 32.2. The molecule has 5 aromatic rings. The van der Waals surface area contributed by atoms with E-state index >= 15 is 0 Å². The summed E-state index contributed by atoms with van der Waals surface area (Å²) in [4.78, 5) is 0. The monoisotopic (exact) mass is 538 g/mol. The summed E-state index contributed by atoms with van der Waals surface area (Å²) < 4.78 is 49.3. The number of aryl methyl sites for hydroxylation is 1. The van der Waals surface area contributed by atoms with Gasteiger partial charge in [0, 0.05) is 6.20 Å². The van der Waals surface area contributed by atoms with Crippen LogP contribution in [0.25, 0.3) is 22.8 Å². The summed E-state index contributed by atoms with van der Waals surface area (Å²) in [5, 5.41) is 22.3. The molecule has 0 aliphatic carbocycles. The maximum atomic E-state index is 13.5. The number of nitrogens with one attached hydrogen (secondary N) is 1. The lowest BCUT2D eigenvalue weighted by molar-refractivity contribution is 0.171. The van der Waals surface area contributed by atoms with Crippen LogP contribution < -0.4 is 14.2 Å². The van der Waals surface area contributed by atoms with E-state index < -0.39 is 21.4 Å². The Hall–Kier alpha value is -4.36. The van der Waals surface area contributed by atoms with Gasteiger partial charge in [-0.05, 0) is 56.3 Å². The SMILES string of the molecule is COc1cccc(OC)c1-n1c(NS(=O)(=O)[C@H](C)[C@H](O)c2cc3ccccn3n2)nnc1-c1ccc(C)o1. The third kappa shape index (κ3) is 4.46. The molecule has 0 aliphatic rings. The first-order chi connectivity index (χ1) is 18.2. The number of para-hydroxylation sites is 1. The molecule has 2 N–H and O–H groups in total. The average molecular weight is 539 g/mol. The Morgan fingerprint density at radius 3 is 2.39 bits per heavy atom. The van der Waals surface area contributed by atoms with Crippen LogP contribution in [0.1, 0.15) is 24.5 Å². The van der Waals surface area contributed by atoms with Crippen molar-refractivity contribution in [2.24, 2.45) is 0 Å². The number of rotatable bonds is 9. The van der Waals surface area contributed by atoms with Crippen LogP contribution in [0.15, 0.2) is 65.2 Å². The molecule has 0 unspecified atom stereocenters. The maximum absolute atomic E-state index is 13.5. The fourth-order valence-electron chi connectivity index (χ4n) is 4.06. The van der Waals surface area contributed by atoms with Crippen LogP contribution in [0.3, 0.4) is 0 Å². The second-order valence-electron chi connectivity index (χ2n) is 8.54. The minimum absolute atomic E-state index is 0.147. The Morgan fingerprint density at radius 2 is 1.76 bits per heavy atom. The van der Waals surface area contributed by atoms with E-state index in [-0.39, 0.29) is 17.5 Å². The second-order valence-corrected chi connectivity index (χ2v) is 10.6. The quantitative estimate of drug-likeness (QED) is 0.288. The number of methoxy groups -OCH3 is 2. The third-order valence-electron chi connectivity index (χ3n) is 6.11. The number of anilines is 1. The lowest BCUT2D eigenvalue weighted by atomic mass is 10.2. The van der Waals surface area contributed by atoms with E-state index in [4.69, 9.17) is 13.9 Å². The molecule has 13 heteroatoms. The summed E-state index contributed by atoms with van der Waals surface area (Å²) in [6.45, 7) is 3.16. The number of aromatic nitrogens is 5. The van der Waals surface area contributed by atoms with Crippen LogP contribution in [0.2, 0.25) is 0 Å². The molecule has 12 nitrogen and oxygen atoms in total. The van der Waals surface area contributed by atoms with E-state index in [0.717, 1.165) is 5.52 Å². The number of fused-ring (bicyclic) bond motifs is 1. The van der Waals surface area contributed by atoms with Crippen LogP contribution in [0, 0.1) is 6.92 Å². The standard InChI is InChI=1S/C25H26N6O6S/c1-15-11-12-21(37-15)24-26-27-25(31(24)22-19(35-3)9-7-10-20(22)36-4)29-38(33,34)16(2)23(32)18-14-17-8-5-6-13-30(17)28-18/h5-14,16,23,32H,1-4H3,(H,27,29)/t16-,23+/m1/s1. The molecule has 0 radical (unpaired) electrons. The van der Waals surface area contributed by atoms with Crippen LogP contribution in [-0.2, 0) is 10.0 Å². The van der Waals surface area contributed by atoms with Crippen LogP contribution >= 0.6 is 0 Å². The van der Waals surface area contributed by atoms with Crippen molar-refractivity contribution < 1.29 is 27.4 Å². The van der Waals surface area contributed by atoms with Gasteiger partial charge in [0.05, 0.1) is 25.4 Å². The molecular weight excluding hydrogens is 512 g/mol. The number of nitrogens with zero attached hydrogens (tertiary/aromatic N) is 5. The molecule has 198 valence electrons. The second kappa shape index (κ2) is 9.84. The smallest absolute Gasteiger partial charge is 0.243 e. The fourth-order valence-corrected chi connectivity index (χ4v) is 5.11. The number of ether oxygens (including phenoxy) is 2. The summed E-state index contributed by atoms with van der Waals surface area (Å²) in [6.07, 6.45) is 0.293. The summed E-state index contributed by atoms with van der Waals surface area (Å²) in [5.74, 6) is 1.82. The Kier molecular flexibility index (Phi) is 6.55. The van der Waals surface area contributed by atoms with Crippen molar-refractivity contribution in [1.29, 1.82) is 0 Å². The molecule has 5 rings (SSSR count). The average Bonchev–Trinajstić information content (AvgIpc) is 3.65. The van der Waals surface area contributed by atoms with Crippen molar-refractivity contribution in [2.45, 2.75) is 25.2 Å². The van der Waals surface area contributed by atoms with Gasteiger partial charge in [-0.2, -0.15) is 5.10 Å². The van der Waals surface area contributed by atoms with E-state index in [1.165, 1.54) is 25.7 Å². The van der Waals surface area contributed by atoms with Crippen LogP contribution in [-0.4, -0.2) is 57.4 Å². The van der Waals surface area contributed by atoms with Gasteiger partial charge in [0.25, 0.3) is 0 Å². The summed E-state index contributed by atoms with van der Waals surface area (Å²) >= 11 is 0. The molecule has 2 atom stereocenters. The van der Waals surface area contributed by atoms with Crippen molar-refractivity contribution in [1.82, 2.24) is 24.4 Å². The van der Waals surface area contributed by atoms with Gasteiger partial charge < -0.3 is 19.0 Å². The van der Waals surface area contributed by atoms with Gasteiger partial charge in [-0.15, -0.1) is 10.2 Å². The summed E-state index contributed by atoms with van der Waals surface area (Å²) in [5.41, 5.74) is 1.30. The normalized spacial score (nSPS) is 13.4. The molecular formula is C25H26N6O6S. The van der Waals surface area contributed by atoms with Crippen LogP contribution in [0.4, 0.5) is 5.95 Å². The highest BCUT2D eigenvalue weighted by Gasteiger charge is 2.34. The molecule has 4 heterocycles. The molecule has 0 saturated heterocycles. The molecule has 4 aromatic heterocycles. The number of hydrogen-bond donors (Lipinski definition) is 2. The first kappa shape index (κ1) is 25.3. The first-order valence-corrected chi connectivity index (χ1v) is 13.2. The molecule has 0 saturated carbocycles. The molecule has 0 amide bonds. The van der Waals surface area contributed by atoms with Crippen molar-refractivity contribution in [2.75, 3.05) is 18.9 Å². The van der Waals surface area contributed by atoms with Gasteiger partial charge in [-0.1, -0.05) is 12.1 Å². The predicted molar refractivity (Wildman–Crippen MR) is 139 cm³/mol. The van der Waals surface area contributed by atoms with E-state index in [1.54, 1.807) is 60.1 Å². The molecule has 1 aromatic carbocycles. The molecule has 0 fully saturated rings. The Morgan fingerprint density at radius 1 is 1.03 bits per heavy atom. The van der Waals surface area contributed by atoms with Gasteiger partial charge in [-0.25, -0.2) is 12.9 Å². The van der Waals surface area contributed by atoms with Gasteiger partial charge in [0.1, 0.15) is 34.3 Å². The zero-order valence-electron chi connectivity index (χ0n) is 21.1. The number of sulfonamides is 1. The Labute approximate surface area is 218 Å². The zero-order chi connectivity index (χ0) is 27.0. The fraction of sp³-hybridized carbons (Fsp3) is 0.240. The highest BCUT2D eigenvalue weighted by molar-refractivity contribution is 7.93. The maximum Gasteiger partial charge on any atom is 0.243 e. The van der Waals surface area contributed by atoms with Crippen molar-refractivity contribution >= 4 is 21.5 Å². The van der Waals surface area contributed by atoms with Gasteiger partial charge in [0.2, 0.25) is 21.8 Å². The number of hydrogen-bond acceptors (Lipinski definition) is 9. The number of aliphatic hydroxyl groups is 1. The lowest BCUT2D eigenvalue weighted by Gasteiger charge is -2.20. The van der Waals surface area contributed by atoms with Crippen LogP contribution in [0.5, 0.6) is 11.5 Å². The third-order valence-corrected chi connectivity index (χ3v) is 7.81. The topological polar surface area (TPSA) is 146 Å². The van der Waals surface area contributed by atoms with Crippen molar-refractivity contribution in [3.8, 4) is 28.8 Å². The molecule has 0 aliphatic heterocycles. The Balaban J connectivity index is 1.58. The van der Waals surface area contributed by atoms with E-state index in [0.29, 0.717) is 28.7 Å². The van der Waals surface area contributed by atoms with E-state index in [9.17, 15) is 13.5 Å². The number of furan rings is 1. The summed E-state index contributed by atoms with van der Waals surface area (Å²) in [7, 11) is -1.25. The number of aliphatic hydroxyl groups excluding tert-OH is 1. The van der Waals surface area contributed by atoms with E-state index in [1.807, 2.05) is 12.1 Å². The van der Waals surface area contributed by atoms with Gasteiger partial charge in [0.15, 0.2) is 5.76 Å². The largest absolute Gasteiger partial charge is 0.494 e. The minimum Gasteiger partial charge on any atom is -0.494 e. The van der Waals surface area contributed by atoms with Crippen molar-refractivity contribution in [3.63, 3.8) is 0 Å². The van der Waals surface area contributed by atoms with Gasteiger partial charge >= 0.3 is 0 Å². The summed E-state index contributed by atoms with van der Waals surface area (Å²) in [6, 6.07) is 15.6. The molecule has 0 spiro atoms. The number of pyridine rings is 1. The van der Waals surface area contributed by atoms with Crippen molar-refractivity contribution in [3.05, 3.63) is 72.2 Å². The first-order valence-electron chi connectivity index (χ1n) is 11.6. The number of benzene rings is 1. The zero-order valence-corrected chi connectivity index (χ0v) is 21.9. The van der Waals surface area contributed by atoms with E-state index in [2.05, 4.69) is 20.0 Å². The van der Waals surface area contributed by atoms with Gasteiger partial charge in [-0.3, -0.25) is 9.29 Å². The predicted octanol–water partition coefficient (Wildman–Crippen LogP) is 3.36. The Bertz CT molecular complexity index is 1650. The minimum atomic E-state index is -4.22. The highest BCUT2D eigenvalue weighted by Crippen LogP contribution is 2.38. The molecule has 38 heavy (non-hydrogen) atoms.